The molecule has 0 radical (unpaired) electrons. The van der Waals surface area contributed by atoms with Crippen molar-refractivity contribution in [3.8, 4) is 0 Å². The van der Waals surface area contributed by atoms with Crippen molar-refractivity contribution in [3.63, 3.8) is 0 Å². The fourth-order valence-electron chi connectivity index (χ4n) is 2.51. The SMILES string of the molecule is Cc1cc(SCC(=O)NNC(=S)NC2CCCC2)c(C)cc1Br. The van der Waals surface area contributed by atoms with Gasteiger partial charge in [0.25, 0.3) is 0 Å². The van der Waals surface area contributed by atoms with Crippen molar-refractivity contribution in [2.75, 3.05) is 5.75 Å². The van der Waals surface area contributed by atoms with Crippen LogP contribution in [0.2, 0.25) is 0 Å². The van der Waals surface area contributed by atoms with Crippen LogP contribution in [0.25, 0.3) is 0 Å². The Hall–Kier alpha value is -0.790. The Morgan fingerprint density at radius 3 is 2.65 bits per heavy atom. The van der Waals surface area contributed by atoms with Gasteiger partial charge in [0, 0.05) is 15.4 Å². The molecule has 7 heteroatoms. The van der Waals surface area contributed by atoms with Gasteiger partial charge in [0.2, 0.25) is 5.91 Å². The van der Waals surface area contributed by atoms with Gasteiger partial charge >= 0.3 is 0 Å². The molecule has 126 valence electrons. The van der Waals surface area contributed by atoms with E-state index in [9.17, 15) is 4.79 Å². The monoisotopic (exact) mass is 415 g/mol. The van der Waals surface area contributed by atoms with Crippen molar-refractivity contribution < 1.29 is 4.79 Å². The van der Waals surface area contributed by atoms with Crippen LogP contribution in [-0.4, -0.2) is 22.8 Å². The molecule has 0 aromatic heterocycles. The topological polar surface area (TPSA) is 53.2 Å². The molecule has 23 heavy (non-hydrogen) atoms. The minimum absolute atomic E-state index is 0.0921. The second-order valence-electron chi connectivity index (χ2n) is 5.78. The Morgan fingerprint density at radius 2 is 1.96 bits per heavy atom. The summed E-state index contributed by atoms with van der Waals surface area (Å²) in [6, 6.07) is 4.61. The van der Waals surface area contributed by atoms with E-state index in [0.717, 1.165) is 27.8 Å². The van der Waals surface area contributed by atoms with E-state index >= 15 is 0 Å². The van der Waals surface area contributed by atoms with Crippen molar-refractivity contribution in [1.29, 1.82) is 0 Å². The Labute approximate surface area is 155 Å². The molecule has 0 aliphatic heterocycles. The van der Waals surface area contributed by atoms with Gasteiger partial charge < -0.3 is 5.32 Å². The molecule has 2 rings (SSSR count). The van der Waals surface area contributed by atoms with Crippen LogP contribution in [0.4, 0.5) is 0 Å². The second-order valence-corrected chi connectivity index (χ2v) is 8.06. The first-order valence-corrected chi connectivity index (χ1v) is 9.89. The van der Waals surface area contributed by atoms with E-state index in [1.807, 2.05) is 13.8 Å². The summed E-state index contributed by atoms with van der Waals surface area (Å²) in [5, 5.41) is 3.72. The predicted octanol–water partition coefficient (Wildman–Crippen LogP) is 3.60. The molecule has 1 saturated carbocycles. The quantitative estimate of drug-likeness (QED) is 0.398. The lowest BCUT2D eigenvalue weighted by atomic mass is 10.2. The molecule has 1 aromatic carbocycles. The van der Waals surface area contributed by atoms with Crippen molar-refractivity contribution in [1.82, 2.24) is 16.2 Å². The van der Waals surface area contributed by atoms with E-state index in [2.05, 4.69) is 44.2 Å². The Kier molecular flexibility index (Phi) is 7.17. The maximum absolute atomic E-state index is 11.9. The Bertz CT molecular complexity index is 589. The van der Waals surface area contributed by atoms with Gasteiger partial charge in [-0.05, 0) is 62.2 Å². The third kappa shape index (κ3) is 5.97. The molecule has 1 fully saturated rings. The number of halogens is 1. The lowest BCUT2D eigenvalue weighted by Crippen LogP contribution is -2.49. The number of carbonyl (C=O) groups is 1. The highest BCUT2D eigenvalue weighted by atomic mass is 79.9. The molecule has 1 amide bonds. The number of aryl methyl sites for hydroxylation is 2. The van der Waals surface area contributed by atoms with Crippen LogP contribution in [0.15, 0.2) is 21.5 Å². The van der Waals surface area contributed by atoms with E-state index in [1.165, 1.54) is 30.2 Å². The highest BCUT2D eigenvalue weighted by molar-refractivity contribution is 9.10. The van der Waals surface area contributed by atoms with Crippen LogP contribution in [-0.2, 0) is 4.79 Å². The van der Waals surface area contributed by atoms with Gasteiger partial charge in [-0.25, -0.2) is 0 Å². The molecule has 0 unspecified atom stereocenters. The van der Waals surface area contributed by atoms with E-state index in [4.69, 9.17) is 12.2 Å². The summed E-state index contributed by atoms with van der Waals surface area (Å²) < 4.78 is 1.09. The number of hydrogen-bond donors (Lipinski definition) is 3. The normalized spacial score (nSPS) is 14.6. The van der Waals surface area contributed by atoms with E-state index in [0.29, 0.717) is 16.9 Å². The molecule has 0 spiro atoms. The summed E-state index contributed by atoms with van der Waals surface area (Å²) in [6.45, 7) is 4.09. The van der Waals surface area contributed by atoms with Gasteiger partial charge in [-0.15, -0.1) is 11.8 Å². The number of benzene rings is 1. The first-order valence-electron chi connectivity index (χ1n) is 7.70. The molecular weight excluding hydrogens is 394 g/mol. The van der Waals surface area contributed by atoms with Crippen molar-refractivity contribution in [2.24, 2.45) is 0 Å². The van der Waals surface area contributed by atoms with Gasteiger partial charge in [-0.1, -0.05) is 28.8 Å². The lowest BCUT2D eigenvalue weighted by molar-refractivity contribution is -0.119. The summed E-state index contributed by atoms with van der Waals surface area (Å²) >= 11 is 10.2. The van der Waals surface area contributed by atoms with Crippen LogP contribution < -0.4 is 16.2 Å². The van der Waals surface area contributed by atoms with Gasteiger partial charge in [0.05, 0.1) is 5.75 Å². The fraction of sp³-hybridized carbons (Fsp3) is 0.500. The third-order valence-electron chi connectivity index (χ3n) is 3.82. The summed E-state index contributed by atoms with van der Waals surface area (Å²) in [6.07, 6.45) is 4.78. The minimum Gasteiger partial charge on any atom is -0.359 e. The molecule has 3 N–H and O–H groups in total. The van der Waals surface area contributed by atoms with Crippen LogP contribution >= 0.6 is 39.9 Å². The van der Waals surface area contributed by atoms with Crippen LogP contribution in [0.1, 0.15) is 36.8 Å². The van der Waals surface area contributed by atoms with Crippen molar-refractivity contribution in [3.05, 3.63) is 27.7 Å². The number of hydrogen-bond acceptors (Lipinski definition) is 3. The zero-order chi connectivity index (χ0) is 16.8. The smallest absolute Gasteiger partial charge is 0.248 e. The third-order valence-corrected chi connectivity index (χ3v) is 6.05. The zero-order valence-electron chi connectivity index (χ0n) is 13.4. The highest BCUT2D eigenvalue weighted by Crippen LogP contribution is 2.28. The van der Waals surface area contributed by atoms with Gasteiger partial charge in [-0.2, -0.15) is 0 Å². The fourth-order valence-corrected chi connectivity index (χ4v) is 4.09. The van der Waals surface area contributed by atoms with Crippen molar-refractivity contribution >= 4 is 50.9 Å². The number of rotatable bonds is 4. The molecule has 1 aromatic rings. The largest absolute Gasteiger partial charge is 0.359 e. The summed E-state index contributed by atoms with van der Waals surface area (Å²) in [5.74, 6) is 0.256. The zero-order valence-corrected chi connectivity index (χ0v) is 16.6. The van der Waals surface area contributed by atoms with Crippen LogP contribution in [0.5, 0.6) is 0 Å². The van der Waals surface area contributed by atoms with Crippen LogP contribution in [0.3, 0.4) is 0 Å². The standard InChI is InChI=1S/C16H22BrN3OS2/c1-10-8-14(11(2)7-13(10)17)23-9-15(21)19-20-16(22)18-12-5-3-4-6-12/h7-8,12H,3-6,9H2,1-2H3,(H,19,21)(H2,18,20,22). The second kappa shape index (κ2) is 8.89. The number of hydrazine groups is 1. The summed E-state index contributed by atoms with van der Waals surface area (Å²) in [7, 11) is 0. The molecule has 0 atom stereocenters. The first-order chi connectivity index (χ1) is 11.0. The molecular formula is C16H22BrN3OS2. The Balaban J connectivity index is 1.72. The molecule has 0 saturated heterocycles. The van der Waals surface area contributed by atoms with Gasteiger partial charge in [0.1, 0.15) is 0 Å². The molecule has 4 nitrogen and oxygen atoms in total. The lowest BCUT2D eigenvalue weighted by Gasteiger charge is -2.16. The average molecular weight is 416 g/mol. The molecule has 0 bridgehead atoms. The highest BCUT2D eigenvalue weighted by Gasteiger charge is 2.15. The van der Waals surface area contributed by atoms with Gasteiger partial charge in [-0.3, -0.25) is 15.6 Å². The number of nitrogens with one attached hydrogen (secondary N) is 3. The summed E-state index contributed by atoms with van der Waals surface area (Å²) in [5.41, 5.74) is 7.75. The molecule has 1 aliphatic carbocycles. The predicted molar refractivity (Wildman–Crippen MR) is 104 cm³/mol. The van der Waals surface area contributed by atoms with E-state index in [1.54, 1.807) is 0 Å². The molecule has 0 heterocycles. The van der Waals surface area contributed by atoms with Crippen molar-refractivity contribution in [2.45, 2.75) is 50.5 Å². The Morgan fingerprint density at radius 1 is 1.26 bits per heavy atom. The maximum atomic E-state index is 11.9. The minimum atomic E-state index is -0.0921. The average Bonchev–Trinajstić information content (AvgIpc) is 3.00. The van der Waals surface area contributed by atoms with E-state index < -0.39 is 0 Å². The maximum Gasteiger partial charge on any atom is 0.248 e. The number of thioether (sulfide) groups is 1. The number of thiocarbonyl (C=S) groups is 1. The van der Waals surface area contributed by atoms with Crippen LogP contribution in [0, 0.1) is 13.8 Å². The van der Waals surface area contributed by atoms with Gasteiger partial charge in [0.15, 0.2) is 5.11 Å². The first kappa shape index (κ1) is 18.5. The number of carbonyl (C=O) groups excluding carboxylic acids is 1. The van der Waals surface area contributed by atoms with E-state index in [-0.39, 0.29) is 5.91 Å². The molecule has 1 aliphatic rings. The summed E-state index contributed by atoms with van der Waals surface area (Å²) in [4.78, 5) is 13.0. The number of amides is 1.